The number of hydrogen-bond donors (Lipinski definition) is 0. The maximum Gasteiger partial charge on any atom is 0.266 e. The van der Waals surface area contributed by atoms with Gasteiger partial charge in [0.1, 0.15) is 11.6 Å². The van der Waals surface area contributed by atoms with Crippen LogP contribution in [0.25, 0.3) is 16.6 Å². The molecule has 1 aromatic heterocycles. The van der Waals surface area contributed by atoms with Gasteiger partial charge in [0.05, 0.1) is 27.5 Å². The summed E-state index contributed by atoms with van der Waals surface area (Å²) >= 11 is 0. The van der Waals surface area contributed by atoms with Gasteiger partial charge in [0.25, 0.3) is 5.56 Å². The number of sulfonamides is 1. The van der Waals surface area contributed by atoms with Gasteiger partial charge >= 0.3 is 0 Å². The van der Waals surface area contributed by atoms with E-state index in [1.807, 2.05) is 32.0 Å². The Bertz CT molecular complexity index is 1530. The summed E-state index contributed by atoms with van der Waals surface area (Å²) < 4.78 is 42.8. The zero-order valence-electron chi connectivity index (χ0n) is 18.8. The van der Waals surface area contributed by atoms with Gasteiger partial charge in [-0.3, -0.25) is 9.36 Å². The van der Waals surface area contributed by atoms with E-state index in [4.69, 9.17) is 4.98 Å². The number of halogens is 1. The molecule has 0 aliphatic heterocycles. The van der Waals surface area contributed by atoms with Crippen LogP contribution in [0.2, 0.25) is 0 Å². The zero-order chi connectivity index (χ0) is 23.9. The lowest BCUT2D eigenvalue weighted by molar-refractivity contribution is 0.378. The first-order chi connectivity index (χ1) is 15.6. The van der Waals surface area contributed by atoms with Crippen LogP contribution in [0.4, 0.5) is 4.39 Å². The molecule has 0 bridgehead atoms. The molecule has 0 fully saturated rings. The van der Waals surface area contributed by atoms with Gasteiger partial charge in [-0.1, -0.05) is 35.9 Å². The topological polar surface area (TPSA) is 72.3 Å². The molecule has 0 saturated carbocycles. The molecule has 8 heteroatoms. The van der Waals surface area contributed by atoms with Gasteiger partial charge in [0.15, 0.2) is 0 Å². The fourth-order valence-corrected chi connectivity index (χ4v) is 5.24. The molecule has 33 heavy (non-hydrogen) atoms. The lowest BCUT2D eigenvalue weighted by Gasteiger charge is -2.27. The molecule has 3 aromatic carbocycles. The predicted molar refractivity (Wildman–Crippen MR) is 127 cm³/mol. The van der Waals surface area contributed by atoms with Crippen molar-refractivity contribution in [1.82, 2.24) is 13.9 Å². The second-order valence-electron chi connectivity index (χ2n) is 8.07. The molecule has 0 N–H and O–H groups in total. The van der Waals surface area contributed by atoms with Gasteiger partial charge in [-0.15, -0.1) is 0 Å². The zero-order valence-corrected chi connectivity index (χ0v) is 19.6. The maximum atomic E-state index is 13.7. The van der Waals surface area contributed by atoms with Crippen LogP contribution in [-0.2, 0) is 10.0 Å². The van der Waals surface area contributed by atoms with Crippen molar-refractivity contribution in [1.29, 1.82) is 0 Å². The largest absolute Gasteiger partial charge is 0.268 e. The lowest BCUT2D eigenvalue weighted by Crippen LogP contribution is -2.35. The fourth-order valence-electron chi connectivity index (χ4n) is 3.88. The van der Waals surface area contributed by atoms with E-state index in [0.717, 1.165) is 21.5 Å². The summed E-state index contributed by atoms with van der Waals surface area (Å²) in [4.78, 5) is 18.1. The summed E-state index contributed by atoms with van der Waals surface area (Å²) in [5, 5.41) is 0.434. The monoisotopic (exact) mass is 465 g/mol. The van der Waals surface area contributed by atoms with Crippen molar-refractivity contribution in [2.75, 3.05) is 7.05 Å². The van der Waals surface area contributed by atoms with Crippen molar-refractivity contribution >= 4 is 20.9 Å². The first kappa shape index (κ1) is 22.8. The van der Waals surface area contributed by atoms with Crippen LogP contribution in [0.5, 0.6) is 0 Å². The third kappa shape index (κ3) is 4.07. The molecule has 0 aliphatic carbocycles. The molecule has 0 spiro atoms. The van der Waals surface area contributed by atoms with E-state index in [0.29, 0.717) is 16.6 Å². The van der Waals surface area contributed by atoms with Gasteiger partial charge in [0, 0.05) is 7.05 Å². The van der Waals surface area contributed by atoms with Crippen LogP contribution >= 0.6 is 0 Å². The Morgan fingerprint density at radius 2 is 1.73 bits per heavy atom. The number of rotatable bonds is 5. The van der Waals surface area contributed by atoms with Gasteiger partial charge in [-0.2, -0.15) is 4.31 Å². The van der Waals surface area contributed by atoms with E-state index < -0.39 is 21.9 Å². The summed E-state index contributed by atoms with van der Waals surface area (Å²) in [6.07, 6.45) is 0. The lowest BCUT2D eigenvalue weighted by atomic mass is 10.1. The van der Waals surface area contributed by atoms with Crippen LogP contribution in [-0.4, -0.2) is 29.3 Å². The molecule has 1 unspecified atom stereocenters. The van der Waals surface area contributed by atoms with Crippen LogP contribution in [0.15, 0.2) is 76.4 Å². The van der Waals surface area contributed by atoms with E-state index in [-0.39, 0.29) is 16.3 Å². The third-order valence-electron chi connectivity index (χ3n) is 5.79. The quantitative estimate of drug-likeness (QED) is 0.434. The molecule has 1 atom stereocenters. The molecular weight excluding hydrogens is 441 g/mol. The second kappa shape index (κ2) is 8.53. The Balaban J connectivity index is 1.95. The van der Waals surface area contributed by atoms with E-state index in [2.05, 4.69) is 0 Å². The minimum absolute atomic E-state index is 0.168. The number of hydrogen-bond acceptors (Lipinski definition) is 4. The molecule has 0 saturated heterocycles. The fraction of sp³-hybridized carbons (Fsp3) is 0.200. The number of para-hydroxylation sites is 1. The predicted octanol–water partition coefficient (Wildman–Crippen LogP) is 4.52. The molecule has 4 rings (SSSR count). The van der Waals surface area contributed by atoms with E-state index in [1.54, 1.807) is 31.2 Å². The average Bonchev–Trinajstić information content (AvgIpc) is 2.78. The molecule has 0 aliphatic rings. The van der Waals surface area contributed by atoms with Crippen molar-refractivity contribution in [2.45, 2.75) is 31.7 Å². The Morgan fingerprint density at radius 3 is 2.42 bits per heavy atom. The summed E-state index contributed by atoms with van der Waals surface area (Å²) in [5.74, 6) is -0.374. The Kier molecular flexibility index (Phi) is 5.90. The van der Waals surface area contributed by atoms with Gasteiger partial charge < -0.3 is 0 Å². The van der Waals surface area contributed by atoms with Crippen molar-refractivity contribution in [3.05, 3.63) is 99.9 Å². The van der Waals surface area contributed by atoms with Crippen molar-refractivity contribution in [3.63, 3.8) is 0 Å². The highest BCUT2D eigenvalue weighted by Gasteiger charge is 2.30. The highest BCUT2D eigenvalue weighted by molar-refractivity contribution is 7.89. The van der Waals surface area contributed by atoms with Crippen LogP contribution in [0.3, 0.4) is 0 Å². The Hall–Kier alpha value is -3.36. The molecule has 170 valence electrons. The number of fused-ring (bicyclic) bond motifs is 1. The summed E-state index contributed by atoms with van der Waals surface area (Å²) in [6, 6.07) is 16.7. The number of nitrogens with zero attached hydrogens (tertiary/aromatic N) is 3. The molecule has 1 heterocycles. The minimum atomic E-state index is -4.05. The SMILES string of the molecule is Cc1ccc(-n2c(C(C)N(C)S(=O)(=O)c3cccc(F)c3)nc3ccccc3c2=O)c(C)c1. The van der Waals surface area contributed by atoms with Crippen LogP contribution < -0.4 is 5.56 Å². The number of benzene rings is 3. The Morgan fingerprint density at radius 1 is 1.00 bits per heavy atom. The summed E-state index contributed by atoms with van der Waals surface area (Å²) in [6.45, 7) is 5.51. The van der Waals surface area contributed by atoms with Gasteiger partial charge in [-0.05, 0) is 62.7 Å². The highest BCUT2D eigenvalue weighted by atomic mass is 32.2. The van der Waals surface area contributed by atoms with Crippen molar-refractivity contribution in [2.24, 2.45) is 0 Å². The molecule has 0 amide bonds. The molecule has 0 radical (unpaired) electrons. The summed E-state index contributed by atoms with van der Waals surface area (Å²) in [7, 11) is -2.65. The van der Waals surface area contributed by atoms with E-state index >= 15 is 0 Å². The van der Waals surface area contributed by atoms with E-state index in [1.165, 1.54) is 29.8 Å². The number of aryl methyl sites for hydroxylation is 2. The molecular formula is C25H24FN3O3S. The first-order valence-electron chi connectivity index (χ1n) is 10.4. The minimum Gasteiger partial charge on any atom is -0.268 e. The second-order valence-corrected chi connectivity index (χ2v) is 10.1. The smallest absolute Gasteiger partial charge is 0.266 e. The van der Waals surface area contributed by atoms with Gasteiger partial charge in [-0.25, -0.2) is 17.8 Å². The van der Waals surface area contributed by atoms with Crippen molar-refractivity contribution < 1.29 is 12.8 Å². The van der Waals surface area contributed by atoms with Crippen LogP contribution in [0.1, 0.15) is 29.9 Å². The van der Waals surface area contributed by atoms with Crippen molar-refractivity contribution in [3.8, 4) is 5.69 Å². The maximum absolute atomic E-state index is 13.7. The standard InChI is InChI=1S/C25H24FN3O3S/c1-16-12-13-23(17(2)14-16)29-24(27-22-11-6-5-10-21(22)25(29)30)18(3)28(4)33(31,32)20-9-7-8-19(26)15-20/h5-15,18H,1-4H3. The van der Waals surface area contributed by atoms with Gasteiger partial charge in [0.2, 0.25) is 10.0 Å². The third-order valence-corrected chi connectivity index (χ3v) is 7.71. The normalized spacial score (nSPS) is 12.9. The highest BCUT2D eigenvalue weighted by Crippen LogP contribution is 2.28. The first-order valence-corrected chi connectivity index (χ1v) is 11.9. The van der Waals surface area contributed by atoms with E-state index in [9.17, 15) is 17.6 Å². The molecule has 6 nitrogen and oxygen atoms in total. The molecule has 4 aromatic rings. The number of aromatic nitrogens is 2. The van der Waals surface area contributed by atoms with Crippen LogP contribution in [0, 0.1) is 19.7 Å². The Labute approximate surface area is 192 Å². The average molecular weight is 466 g/mol. The summed E-state index contributed by atoms with van der Waals surface area (Å²) in [5.41, 5.74) is 2.71.